The fraction of sp³-hybridized carbons (Fsp3) is 0.154. The number of imidazole rings is 1. The molecule has 0 bridgehead atoms. The largest absolute Gasteiger partial charge is 0.316 e. The summed E-state index contributed by atoms with van der Waals surface area (Å²) >= 11 is 0. The van der Waals surface area contributed by atoms with E-state index >= 15 is 0 Å². The molecular weight excluding hydrogens is 226 g/mol. The summed E-state index contributed by atoms with van der Waals surface area (Å²) in [6.45, 7) is 0.769. The van der Waals surface area contributed by atoms with Crippen molar-refractivity contribution in [3.05, 3.63) is 48.5 Å². The Balaban J connectivity index is 2.03. The summed E-state index contributed by atoms with van der Waals surface area (Å²) in [6, 6.07) is 7.93. The van der Waals surface area contributed by atoms with Crippen molar-refractivity contribution in [2.24, 2.45) is 0 Å². The van der Waals surface area contributed by atoms with E-state index < -0.39 is 0 Å². The minimum absolute atomic E-state index is 0.642. The van der Waals surface area contributed by atoms with Gasteiger partial charge in [-0.15, -0.1) is 0 Å². The first-order valence-corrected chi connectivity index (χ1v) is 5.76. The van der Waals surface area contributed by atoms with Crippen molar-refractivity contribution >= 4 is 11.0 Å². The highest BCUT2D eigenvalue weighted by Crippen LogP contribution is 2.14. The number of benzene rings is 1. The molecule has 2 heterocycles. The molecule has 3 aromatic rings. The van der Waals surface area contributed by atoms with E-state index in [1.54, 1.807) is 6.33 Å². The van der Waals surface area contributed by atoms with E-state index in [1.807, 2.05) is 48.3 Å². The van der Waals surface area contributed by atoms with E-state index in [0.717, 1.165) is 23.1 Å². The maximum absolute atomic E-state index is 4.36. The van der Waals surface area contributed by atoms with Gasteiger partial charge in [0.15, 0.2) is 0 Å². The minimum atomic E-state index is 0.642. The van der Waals surface area contributed by atoms with Crippen LogP contribution < -0.4 is 5.32 Å². The second-order valence-corrected chi connectivity index (χ2v) is 4.02. The fourth-order valence-corrected chi connectivity index (χ4v) is 1.89. The number of hydrogen-bond acceptors (Lipinski definition) is 4. The van der Waals surface area contributed by atoms with Gasteiger partial charge in [-0.2, -0.15) is 0 Å². The predicted octanol–water partition coefficient (Wildman–Crippen LogP) is 1.53. The van der Waals surface area contributed by atoms with Gasteiger partial charge in [0, 0.05) is 24.5 Å². The van der Waals surface area contributed by atoms with E-state index in [9.17, 15) is 0 Å². The molecule has 0 saturated heterocycles. The van der Waals surface area contributed by atoms with Crippen molar-refractivity contribution < 1.29 is 0 Å². The van der Waals surface area contributed by atoms with Crippen LogP contribution >= 0.6 is 0 Å². The molecule has 0 amide bonds. The van der Waals surface area contributed by atoms with Gasteiger partial charge in [0.2, 0.25) is 5.95 Å². The van der Waals surface area contributed by atoms with Gasteiger partial charge in [-0.05, 0) is 19.2 Å². The Morgan fingerprint density at radius 1 is 1.11 bits per heavy atom. The molecule has 0 unspecified atom stereocenters. The third kappa shape index (κ3) is 1.84. The molecule has 0 spiro atoms. The lowest BCUT2D eigenvalue weighted by Crippen LogP contribution is -2.07. The quantitative estimate of drug-likeness (QED) is 0.753. The monoisotopic (exact) mass is 239 g/mol. The summed E-state index contributed by atoms with van der Waals surface area (Å²) in [7, 11) is 1.90. The van der Waals surface area contributed by atoms with Gasteiger partial charge in [-0.1, -0.05) is 12.1 Å². The molecule has 5 heteroatoms. The Hall–Kier alpha value is -2.27. The fourth-order valence-electron chi connectivity index (χ4n) is 1.89. The van der Waals surface area contributed by atoms with Crippen molar-refractivity contribution in [3.8, 4) is 5.95 Å². The summed E-state index contributed by atoms with van der Waals surface area (Å²) in [5, 5.41) is 3.07. The SMILES string of the molecule is CNCc1cnc(-n2cnc3ccccc32)nc1. The molecule has 5 nitrogen and oxygen atoms in total. The van der Waals surface area contributed by atoms with Crippen LogP contribution in [0.4, 0.5) is 0 Å². The Bertz CT molecular complexity index is 656. The van der Waals surface area contributed by atoms with Gasteiger partial charge in [-0.25, -0.2) is 15.0 Å². The molecule has 0 fully saturated rings. The number of nitrogens with one attached hydrogen (secondary N) is 1. The van der Waals surface area contributed by atoms with E-state index in [2.05, 4.69) is 20.3 Å². The number of rotatable bonds is 3. The highest BCUT2D eigenvalue weighted by Gasteiger charge is 2.05. The van der Waals surface area contributed by atoms with Gasteiger partial charge in [0.25, 0.3) is 0 Å². The summed E-state index contributed by atoms with van der Waals surface area (Å²) in [6.07, 6.45) is 5.40. The molecule has 3 rings (SSSR count). The second-order valence-electron chi connectivity index (χ2n) is 4.02. The maximum atomic E-state index is 4.36. The molecule has 1 N–H and O–H groups in total. The number of nitrogens with zero attached hydrogens (tertiary/aromatic N) is 4. The Morgan fingerprint density at radius 3 is 2.67 bits per heavy atom. The lowest BCUT2D eigenvalue weighted by atomic mass is 10.3. The highest BCUT2D eigenvalue weighted by molar-refractivity contribution is 5.76. The van der Waals surface area contributed by atoms with E-state index in [1.165, 1.54) is 0 Å². The van der Waals surface area contributed by atoms with Gasteiger partial charge >= 0.3 is 0 Å². The second kappa shape index (κ2) is 4.54. The highest BCUT2D eigenvalue weighted by atomic mass is 15.2. The maximum Gasteiger partial charge on any atom is 0.235 e. The van der Waals surface area contributed by atoms with Gasteiger partial charge < -0.3 is 5.32 Å². The van der Waals surface area contributed by atoms with Gasteiger partial charge in [0.1, 0.15) is 6.33 Å². The summed E-state index contributed by atoms with van der Waals surface area (Å²) in [5.41, 5.74) is 3.02. The first-order valence-electron chi connectivity index (χ1n) is 5.76. The van der Waals surface area contributed by atoms with Crippen molar-refractivity contribution in [1.82, 2.24) is 24.8 Å². The van der Waals surface area contributed by atoms with Crippen LogP contribution in [0.25, 0.3) is 17.0 Å². The third-order valence-corrected chi connectivity index (χ3v) is 2.74. The van der Waals surface area contributed by atoms with Crippen molar-refractivity contribution in [2.75, 3.05) is 7.05 Å². The zero-order valence-corrected chi connectivity index (χ0v) is 10.0. The average molecular weight is 239 g/mol. The van der Waals surface area contributed by atoms with Crippen molar-refractivity contribution in [1.29, 1.82) is 0 Å². The molecule has 18 heavy (non-hydrogen) atoms. The first kappa shape index (κ1) is 10.9. The van der Waals surface area contributed by atoms with Crippen LogP contribution in [0.2, 0.25) is 0 Å². The smallest absolute Gasteiger partial charge is 0.235 e. The molecule has 0 aliphatic heterocycles. The molecule has 0 saturated carbocycles. The molecule has 90 valence electrons. The van der Waals surface area contributed by atoms with Crippen LogP contribution in [0.15, 0.2) is 43.0 Å². The predicted molar refractivity (Wildman–Crippen MR) is 69.4 cm³/mol. The molecule has 0 aliphatic rings. The van der Waals surface area contributed by atoms with E-state index in [0.29, 0.717) is 5.95 Å². The normalized spacial score (nSPS) is 10.9. The zero-order valence-electron chi connectivity index (χ0n) is 10.0. The van der Waals surface area contributed by atoms with Crippen LogP contribution in [0.5, 0.6) is 0 Å². The summed E-state index contributed by atoms with van der Waals surface area (Å²) in [4.78, 5) is 13.0. The Morgan fingerprint density at radius 2 is 1.89 bits per heavy atom. The molecule has 2 aromatic heterocycles. The molecule has 0 radical (unpaired) electrons. The lowest BCUT2D eigenvalue weighted by molar-refractivity contribution is 0.800. The van der Waals surface area contributed by atoms with Crippen LogP contribution in [-0.4, -0.2) is 26.6 Å². The molecule has 0 aliphatic carbocycles. The molecular formula is C13H13N5. The van der Waals surface area contributed by atoms with Gasteiger partial charge in [-0.3, -0.25) is 4.57 Å². The first-order chi connectivity index (χ1) is 8.88. The van der Waals surface area contributed by atoms with E-state index in [-0.39, 0.29) is 0 Å². The standard InChI is InChI=1S/C13H13N5/c1-14-6-10-7-15-13(16-8-10)18-9-17-11-4-2-3-5-12(11)18/h2-5,7-9,14H,6H2,1H3. The van der Waals surface area contributed by atoms with Crippen molar-refractivity contribution in [2.45, 2.75) is 6.54 Å². The van der Waals surface area contributed by atoms with Crippen LogP contribution in [0, 0.1) is 0 Å². The van der Waals surface area contributed by atoms with Crippen LogP contribution in [0.3, 0.4) is 0 Å². The summed E-state index contributed by atoms with van der Waals surface area (Å²) in [5.74, 6) is 0.642. The lowest BCUT2D eigenvalue weighted by Gasteiger charge is -2.03. The van der Waals surface area contributed by atoms with E-state index in [4.69, 9.17) is 0 Å². The number of hydrogen-bond donors (Lipinski definition) is 1. The minimum Gasteiger partial charge on any atom is -0.316 e. The topological polar surface area (TPSA) is 55.6 Å². The van der Waals surface area contributed by atoms with Gasteiger partial charge in [0.05, 0.1) is 11.0 Å². The zero-order chi connectivity index (χ0) is 12.4. The van der Waals surface area contributed by atoms with Crippen LogP contribution in [0.1, 0.15) is 5.56 Å². The number of fused-ring (bicyclic) bond motifs is 1. The molecule has 0 atom stereocenters. The Kier molecular flexibility index (Phi) is 2.74. The number of aromatic nitrogens is 4. The summed E-state index contributed by atoms with van der Waals surface area (Å²) < 4.78 is 1.89. The Labute approximate surface area is 105 Å². The third-order valence-electron chi connectivity index (χ3n) is 2.74. The van der Waals surface area contributed by atoms with Crippen LogP contribution in [-0.2, 0) is 6.54 Å². The molecule has 1 aromatic carbocycles. The van der Waals surface area contributed by atoms with Crippen molar-refractivity contribution in [3.63, 3.8) is 0 Å². The number of para-hydroxylation sites is 2. The average Bonchev–Trinajstić information content (AvgIpc) is 2.84.